The first-order valence-corrected chi connectivity index (χ1v) is 7.22. The van der Waals surface area contributed by atoms with E-state index in [2.05, 4.69) is 15.7 Å². The molecule has 2 aromatic rings. The Bertz CT molecular complexity index is 864. The second-order valence-electron chi connectivity index (χ2n) is 5.69. The average Bonchev–Trinajstić information content (AvgIpc) is 2.78. The molecule has 0 radical (unpaired) electrons. The van der Waals surface area contributed by atoms with E-state index in [-0.39, 0.29) is 22.9 Å². The van der Waals surface area contributed by atoms with Crippen LogP contribution in [0.15, 0.2) is 23.1 Å². The number of hydrogen-bond donors (Lipinski definition) is 2. The maximum atomic E-state index is 12.4. The molecule has 0 bridgehead atoms. The number of hydrogen-bond acceptors (Lipinski definition) is 4. The number of aryl methyl sites for hydroxylation is 2. The first-order valence-electron chi connectivity index (χ1n) is 7.22. The van der Waals surface area contributed by atoms with Gasteiger partial charge in [-0.25, -0.2) is 0 Å². The molecule has 120 valence electrons. The third-order valence-electron chi connectivity index (χ3n) is 3.94. The molecule has 8 nitrogen and oxygen atoms in total. The first kappa shape index (κ1) is 15.0. The molecule has 8 heteroatoms. The minimum absolute atomic E-state index is 0.0438. The number of aromatic nitrogens is 3. The van der Waals surface area contributed by atoms with Crippen molar-refractivity contribution in [3.63, 3.8) is 0 Å². The Labute approximate surface area is 132 Å². The van der Waals surface area contributed by atoms with Gasteiger partial charge in [0.25, 0.3) is 11.5 Å². The number of fused-ring (bicyclic) bond motifs is 1. The highest BCUT2D eigenvalue weighted by Crippen LogP contribution is 2.31. The van der Waals surface area contributed by atoms with Gasteiger partial charge >= 0.3 is 0 Å². The zero-order chi connectivity index (χ0) is 16.7. The lowest BCUT2D eigenvalue weighted by molar-refractivity contribution is -0.119. The summed E-state index contributed by atoms with van der Waals surface area (Å²) in [5, 5.41) is 9.69. The molecule has 0 saturated heterocycles. The summed E-state index contributed by atoms with van der Waals surface area (Å²) in [7, 11) is 3.27. The van der Waals surface area contributed by atoms with Crippen LogP contribution in [0.1, 0.15) is 22.8 Å². The molecule has 2 aromatic heterocycles. The van der Waals surface area contributed by atoms with Crippen LogP contribution in [0, 0.1) is 5.92 Å². The lowest BCUT2D eigenvalue weighted by atomic mass is 9.98. The molecule has 3 heterocycles. The van der Waals surface area contributed by atoms with Crippen LogP contribution in [0.25, 0.3) is 0 Å². The zero-order valence-corrected chi connectivity index (χ0v) is 13.1. The predicted molar refractivity (Wildman–Crippen MR) is 84.3 cm³/mol. The summed E-state index contributed by atoms with van der Waals surface area (Å²) in [6.45, 7) is 1.81. The van der Waals surface area contributed by atoms with Crippen molar-refractivity contribution in [3.8, 4) is 0 Å². The van der Waals surface area contributed by atoms with E-state index in [1.54, 1.807) is 26.4 Å². The van der Waals surface area contributed by atoms with E-state index < -0.39 is 5.91 Å². The summed E-state index contributed by atoms with van der Waals surface area (Å²) >= 11 is 0. The number of amides is 2. The highest BCUT2D eigenvalue weighted by Gasteiger charge is 2.29. The monoisotopic (exact) mass is 315 g/mol. The Kier molecular flexibility index (Phi) is 3.51. The normalized spacial score (nSPS) is 16.7. The molecule has 1 aliphatic rings. The summed E-state index contributed by atoms with van der Waals surface area (Å²) < 4.78 is 2.85. The summed E-state index contributed by atoms with van der Waals surface area (Å²) in [5.41, 5.74) is 0.430. The van der Waals surface area contributed by atoms with Gasteiger partial charge in [0.2, 0.25) is 5.91 Å². The summed E-state index contributed by atoms with van der Waals surface area (Å²) in [6.07, 6.45) is 2.07. The van der Waals surface area contributed by atoms with Crippen LogP contribution in [-0.2, 0) is 25.3 Å². The fourth-order valence-electron chi connectivity index (χ4n) is 2.60. The molecular weight excluding hydrogens is 298 g/mol. The molecule has 0 unspecified atom stereocenters. The van der Waals surface area contributed by atoms with Crippen molar-refractivity contribution in [2.24, 2.45) is 20.0 Å². The highest BCUT2D eigenvalue weighted by molar-refractivity contribution is 6.05. The second kappa shape index (κ2) is 5.38. The number of anilines is 2. The molecule has 2 amide bonds. The van der Waals surface area contributed by atoms with Crippen molar-refractivity contribution in [3.05, 3.63) is 39.8 Å². The van der Waals surface area contributed by atoms with Crippen molar-refractivity contribution in [2.45, 2.75) is 13.3 Å². The Morgan fingerprint density at radius 1 is 1.39 bits per heavy atom. The molecule has 0 aliphatic carbocycles. The van der Waals surface area contributed by atoms with Gasteiger partial charge in [0.1, 0.15) is 11.4 Å². The molecule has 1 aliphatic heterocycles. The van der Waals surface area contributed by atoms with E-state index in [9.17, 15) is 14.4 Å². The second-order valence-corrected chi connectivity index (χ2v) is 5.69. The van der Waals surface area contributed by atoms with Gasteiger partial charge in [-0.3, -0.25) is 19.1 Å². The smallest absolute Gasteiger partial charge is 0.263 e. The molecule has 0 fully saturated rings. The Balaban J connectivity index is 1.94. The van der Waals surface area contributed by atoms with Crippen LogP contribution < -0.4 is 16.2 Å². The first-order chi connectivity index (χ1) is 10.9. The number of carbonyl (C=O) groups excluding carboxylic acids is 2. The van der Waals surface area contributed by atoms with Crippen molar-refractivity contribution in [2.75, 3.05) is 10.6 Å². The number of nitrogens with one attached hydrogen (secondary N) is 2. The fraction of sp³-hybridized carbons (Fsp3) is 0.333. The van der Waals surface area contributed by atoms with Gasteiger partial charge in [0.15, 0.2) is 5.82 Å². The molecule has 0 aromatic carbocycles. The lowest BCUT2D eigenvalue weighted by Crippen LogP contribution is -2.29. The van der Waals surface area contributed by atoms with Crippen molar-refractivity contribution >= 4 is 23.5 Å². The summed E-state index contributed by atoms with van der Waals surface area (Å²) in [6, 6.07) is 3.10. The molecule has 23 heavy (non-hydrogen) atoms. The van der Waals surface area contributed by atoms with Crippen LogP contribution in [0.3, 0.4) is 0 Å². The van der Waals surface area contributed by atoms with Crippen molar-refractivity contribution in [1.82, 2.24) is 14.3 Å². The summed E-state index contributed by atoms with van der Waals surface area (Å²) in [5.74, 6) is 0.147. The van der Waals surface area contributed by atoms with E-state index in [1.807, 2.05) is 6.92 Å². The van der Waals surface area contributed by atoms with Crippen LogP contribution >= 0.6 is 0 Å². The standard InChI is InChI=1S/C15H17N5O3/c1-8-7-10-11(18-20(3)12(10)17-13(8)21)16-14(22)9-5-4-6-19(2)15(9)23/h4-6,8H,7H2,1-3H3,(H,17,21)(H,16,18,22)/t8-/m1/s1. The number of carbonyl (C=O) groups is 2. The molecular formula is C15H17N5O3. The van der Waals surface area contributed by atoms with Gasteiger partial charge in [-0.2, -0.15) is 5.10 Å². The van der Waals surface area contributed by atoms with E-state index in [4.69, 9.17) is 0 Å². The van der Waals surface area contributed by atoms with Gasteiger partial charge in [-0.05, 0) is 18.6 Å². The minimum atomic E-state index is -0.517. The van der Waals surface area contributed by atoms with Crippen LogP contribution in [0.5, 0.6) is 0 Å². The van der Waals surface area contributed by atoms with Gasteiger partial charge in [-0.15, -0.1) is 0 Å². The van der Waals surface area contributed by atoms with E-state index >= 15 is 0 Å². The molecule has 0 spiro atoms. The van der Waals surface area contributed by atoms with Gasteiger partial charge < -0.3 is 15.2 Å². The van der Waals surface area contributed by atoms with E-state index in [0.29, 0.717) is 18.1 Å². The average molecular weight is 315 g/mol. The molecule has 3 rings (SSSR count). The largest absolute Gasteiger partial charge is 0.318 e. The van der Waals surface area contributed by atoms with E-state index in [0.717, 1.165) is 5.56 Å². The molecule has 1 atom stereocenters. The Morgan fingerprint density at radius 2 is 2.13 bits per heavy atom. The predicted octanol–water partition coefficient (Wildman–Crippen LogP) is 0.502. The molecule has 2 N–H and O–H groups in total. The van der Waals surface area contributed by atoms with Gasteiger partial charge in [0, 0.05) is 31.8 Å². The Hall–Kier alpha value is -2.90. The highest BCUT2D eigenvalue weighted by atomic mass is 16.2. The minimum Gasteiger partial charge on any atom is -0.318 e. The number of nitrogens with zero attached hydrogens (tertiary/aromatic N) is 3. The Morgan fingerprint density at radius 3 is 2.87 bits per heavy atom. The van der Waals surface area contributed by atoms with Crippen LogP contribution in [-0.4, -0.2) is 26.2 Å². The van der Waals surface area contributed by atoms with Gasteiger partial charge in [-0.1, -0.05) is 6.92 Å². The third-order valence-corrected chi connectivity index (χ3v) is 3.94. The lowest BCUT2D eigenvalue weighted by Gasteiger charge is -2.19. The fourth-order valence-corrected chi connectivity index (χ4v) is 2.60. The number of pyridine rings is 1. The quantitative estimate of drug-likeness (QED) is 0.843. The maximum Gasteiger partial charge on any atom is 0.263 e. The van der Waals surface area contributed by atoms with Crippen molar-refractivity contribution in [1.29, 1.82) is 0 Å². The maximum absolute atomic E-state index is 12.4. The SMILES string of the molecule is C[C@@H]1Cc2c(NC(=O)c3cccn(C)c3=O)nn(C)c2NC1=O. The van der Waals surface area contributed by atoms with Crippen molar-refractivity contribution < 1.29 is 9.59 Å². The molecule has 0 saturated carbocycles. The topological polar surface area (TPSA) is 98.0 Å². The third kappa shape index (κ3) is 2.52. The van der Waals surface area contributed by atoms with Crippen LogP contribution in [0.2, 0.25) is 0 Å². The number of rotatable bonds is 2. The van der Waals surface area contributed by atoms with Crippen LogP contribution in [0.4, 0.5) is 11.6 Å². The summed E-state index contributed by atoms with van der Waals surface area (Å²) in [4.78, 5) is 36.1. The van der Waals surface area contributed by atoms with Gasteiger partial charge in [0.05, 0.1) is 0 Å². The van der Waals surface area contributed by atoms with E-state index in [1.165, 1.54) is 15.3 Å². The zero-order valence-electron chi connectivity index (χ0n) is 13.1.